The molecule has 1 aliphatic heterocycles. The molecule has 3 rings (SSSR count). The van der Waals surface area contributed by atoms with Gasteiger partial charge in [-0.25, -0.2) is 0 Å². The van der Waals surface area contributed by atoms with Gasteiger partial charge in [0.15, 0.2) is 5.96 Å². The molecular formula is C22H40N6. The second-order valence-corrected chi connectivity index (χ2v) is 8.71. The number of fused-ring (bicyclic) bond motifs is 1. The predicted octanol–water partition coefficient (Wildman–Crippen LogP) is 3.71. The highest BCUT2D eigenvalue weighted by Crippen LogP contribution is 2.30. The van der Waals surface area contributed by atoms with Crippen molar-refractivity contribution in [2.75, 3.05) is 19.6 Å². The van der Waals surface area contributed by atoms with Crippen LogP contribution in [-0.2, 0) is 19.4 Å². The SMILES string of the molecule is CCNC(=NCCCc1nnc2n1CCCCC2)NCCC1CCCC(C)C1. The molecule has 0 aromatic carbocycles. The lowest BCUT2D eigenvalue weighted by molar-refractivity contribution is 0.270. The third-order valence-corrected chi connectivity index (χ3v) is 6.25. The van der Waals surface area contributed by atoms with Crippen LogP contribution in [0.15, 0.2) is 4.99 Å². The predicted molar refractivity (Wildman–Crippen MR) is 116 cm³/mol. The van der Waals surface area contributed by atoms with E-state index in [2.05, 4.69) is 39.2 Å². The van der Waals surface area contributed by atoms with E-state index in [9.17, 15) is 0 Å². The van der Waals surface area contributed by atoms with E-state index in [-0.39, 0.29) is 0 Å². The van der Waals surface area contributed by atoms with Crippen molar-refractivity contribution in [2.24, 2.45) is 16.8 Å². The summed E-state index contributed by atoms with van der Waals surface area (Å²) in [6.07, 6.45) is 13.8. The Morgan fingerprint density at radius 2 is 2.07 bits per heavy atom. The van der Waals surface area contributed by atoms with E-state index in [0.717, 1.165) is 69.1 Å². The maximum Gasteiger partial charge on any atom is 0.191 e. The first-order valence-electron chi connectivity index (χ1n) is 11.7. The molecule has 0 spiro atoms. The van der Waals surface area contributed by atoms with Crippen LogP contribution in [0.2, 0.25) is 0 Å². The Hall–Kier alpha value is -1.59. The molecule has 2 unspecified atom stereocenters. The fraction of sp³-hybridized carbons (Fsp3) is 0.864. The van der Waals surface area contributed by atoms with E-state index < -0.39 is 0 Å². The van der Waals surface area contributed by atoms with Crippen molar-refractivity contribution in [2.45, 2.75) is 91.0 Å². The number of nitrogens with one attached hydrogen (secondary N) is 2. The first-order valence-corrected chi connectivity index (χ1v) is 11.7. The standard InChI is InChI=1S/C22H40N6/c1-3-23-22(25-15-13-19-10-7-9-18(2)17-19)24-14-8-12-21-27-26-20-11-5-4-6-16-28(20)21/h18-19H,3-17H2,1-2H3,(H2,23,24,25). The molecule has 2 N–H and O–H groups in total. The molecule has 0 amide bonds. The normalized spacial score (nSPS) is 23.1. The molecule has 0 bridgehead atoms. The van der Waals surface area contributed by atoms with E-state index in [1.807, 2.05) is 0 Å². The Bertz CT molecular complexity index is 608. The number of aryl methyl sites for hydroxylation is 2. The first-order chi connectivity index (χ1) is 13.8. The van der Waals surface area contributed by atoms with Crippen LogP contribution in [0.5, 0.6) is 0 Å². The summed E-state index contributed by atoms with van der Waals surface area (Å²) in [6, 6.07) is 0. The third kappa shape index (κ3) is 6.49. The van der Waals surface area contributed by atoms with Gasteiger partial charge in [0, 0.05) is 39.0 Å². The highest BCUT2D eigenvalue weighted by atomic mass is 15.3. The Morgan fingerprint density at radius 3 is 2.93 bits per heavy atom. The minimum absolute atomic E-state index is 0.831. The number of hydrogen-bond acceptors (Lipinski definition) is 3. The molecule has 2 atom stereocenters. The van der Waals surface area contributed by atoms with Crippen LogP contribution in [0.4, 0.5) is 0 Å². The van der Waals surface area contributed by atoms with Crippen LogP contribution in [0.1, 0.15) is 83.3 Å². The van der Waals surface area contributed by atoms with Crippen molar-refractivity contribution in [3.63, 3.8) is 0 Å². The summed E-state index contributed by atoms with van der Waals surface area (Å²) in [5.74, 6) is 5.10. The highest BCUT2D eigenvalue weighted by molar-refractivity contribution is 5.79. The summed E-state index contributed by atoms with van der Waals surface area (Å²) >= 11 is 0. The van der Waals surface area contributed by atoms with Crippen molar-refractivity contribution >= 4 is 5.96 Å². The second-order valence-electron chi connectivity index (χ2n) is 8.71. The Labute approximate surface area is 171 Å². The number of aliphatic imine (C=N–C) groups is 1. The minimum atomic E-state index is 0.831. The molecular weight excluding hydrogens is 348 g/mol. The number of rotatable bonds is 8. The van der Waals surface area contributed by atoms with Gasteiger partial charge in [-0.2, -0.15) is 0 Å². The molecule has 158 valence electrons. The molecule has 1 aromatic heterocycles. The van der Waals surface area contributed by atoms with Gasteiger partial charge in [0.25, 0.3) is 0 Å². The molecule has 1 fully saturated rings. The summed E-state index contributed by atoms with van der Waals surface area (Å²) < 4.78 is 2.35. The Morgan fingerprint density at radius 1 is 1.14 bits per heavy atom. The van der Waals surface area contributed by atoms with Gasteiger partial charge in [-0.1, -0.05) is 32.6 Å². The van der Waals surface area contributed by atoms with E-state index in [1.54, 1.807) is 0 Å². The van der Waals surface area contributed by atoms with Gasteiger partial charge in [0.1, 0.15) is 11.6 Å². The zero-order chi connectivity index (χ0) is 19.6. The van der Waals surface area contributed by atoms with Crippen LogP contribution in [0, 0.1) is 11.8 Å². The zero-order valence-corrected chi connectivity index (χ0v) is 18.1. The number of hydrogen-bond donors (Lipinski definition) is 2. The van der Waals surface area contributed by atoms with Crippen molar-refractivity contribution in [1.82, 2.24) is 25.4 Å². The largest absolute Gasteiger partial charge is 0.357 e. The summed E-state index contributed by atoms with van der Waals surface area (Å²) in [5.41, 5.74) is 0. The molecule has 6 nitrogen and oxygen atoms in total. The maximum absolute atomic E-state index is 4.78. The lowest BCUT2D eigenvalue weighted by Crippen LogP contribution is -2.38. The van der Waals surface area contributed by atoms with Crippen LogP contribution in [0.3, 0.4) is 0 Å². The van der Waals surface area contributed by atoms with Gasteiger partial charge in [0.2, 0.25) is 0 Å². The maximum atomic E-state index is 4.78. The smallest absolute Gasteiger partial charge is 0.191 e. The first kappa shape index (κ1) is 21.1. The van der Waals surface area contributed by atoms with E-state index in [4.69, 9.17) is 4.99 Å². The number of guanidine groups is 1. The van der Waals surface area contributed by atoms with Crippen molar-refractivity contribution < 1.29 is 0 Å². The molecule has 0 radical (unpaired) electrons. The van der Waals surface area contributed by atoms with Crippen LogP contribution >= 0.6 is 0 Å². The molecule has 6 heteroatoms. The quantitative estimate of drug-likeness (QED) is 0.405. The van der Waals surface area contributed by atoms with Gasteiger partial charge in [-0.05, 0) is 50.9 Å². The highest BCUT2D eigenvalue weighted by Gasteiger charge is 2.18. The number of nitrogens with zero attached hydrogens (tertiary/aromatic N) is 4. The molecule has 2 aliphatic rings. The van der Waals surface area contributed by atoms with Crippen molar-refractivity contribution in [3.05, 3.63) is 11.6 Å². The average Bonchev–Trinajstić information content (AvgIpc) is 2.91. The summed E-state index contributed by atoms with van der Waals surface area (Å²) in [5, 5.41) is 15.8. The van der Waals surface area contributed by atoms with E-state index >= 15 is 0 Å². The fourth-order valence-electron chi connectivity index (χ4n) is 4.72. The summed E-state index contributed by atoms with van der Waals surface area (Å²) in [4.78, 5) is 4.78. The minimum Gasteiger partial charge on any atom is -0.357 e. The molecule has 1 aromatic rings. The van der Waals surface area contributed by atoms with Gasteiger partial charge >= 0.3 is 0 Å². The monoisotopic (exact) mass is 388 g/mol. The molecule has 1 aliphatic carbocycles. The molecule has 1 saturated carbocycles. The summed E-state index contributed by atoms with van der Waals surface area (Å²) in [7, 11) is 0. The second kappa shape index (κ2) is 11.4. The lowest BCUT2D eigenvalue weighted by Gasteiger charge is -2.26. The fourth-order valence-corrected chi connectivity index (χ4v) is 4.72. The van der Waals surface area contributed by atoms with E-state index in [0.29, 0.717) is 0 Å². The molecule has 28 heavy (non-hydrogen) atoms. The van der Waals surface area contributed by atoms with Crippen LogP contribution in [-0.4, -0.2) is 40.4 Å². The lowest BCUT2D eigenvalue weighted by atomic mass is 9.81. The Kier molecular flexibility index (Phi) is 8.62. The molecule has 0 saturated heterocycles. The van der Waals surface area contributed by atoms with Gasteiger partial charge in [-0.15, -0.1) is 10.2 Å². The van der Waals surface area contributed by atoms with Crippen LogP contribution < -0.4 is 10.6 Å². The molecule has 2 heterocycles. The zero-order valence-electron chi connectivity index (χ0n) is 18.1. The van der Waals surface area contributed by atoms with Gasteiger partial charge in [0.05, 0.1) is 0 Å². The van der Waals surface area contributed by atoms with E-state index in [1.165, 1.54) is 57.2 Å². The van der Waals surface area contributed by atoms with Crippen molar-refractivity contribution in [1.29, 1.82) is 0 Å². The Balaban J connectivity index is 1.40. The van der Waals surface area contributed by atoms with Crippen LogP contribution in [0.25, 0.3) is 0 Å². The van der Waals surface area contributed by atoms with Crippen molar-refractivity contribution in [3.8, 4) is 0 Å². The average molecular weight is 389 g/mol. The van der Waals surface area contributed by atoms with Gasteiger partial charge in [-0.3, -0.25) is 4.99 Å². The third-order valence-electron chi connectivity index (χ3n) is 6.25. The topological polar surface area (TPSA) is 67.1 Å². The summed E-state index contributed by atoms with van der Waals surface area (Å²) in [6.45, 7) is 8.39. The van der Waals surface area contributed by atoms with Gasteiger partial charge < -0.3 is 15.2 Å². The number of aromatic nitrogens is 3.